The van der Waals surface area contributed by atoms with Crippen LogP contribution in [0.5, 0.6) is 5.75 Å². The highest BCUT2D eigenvalue weighted by atomic mass is 16.3. The Bertz CT molecular complexity index is 1540. The number of azo groups is 2. The van der Waals surface area contributed by atoms with Crippen molar-refractivity contribution in [2.24, 2.45) is 20.5 Å². The average molecular weight is 493 g/mol. The first-order chi connectivity index (χ1) is 17.8. The van der Waals surface area contributed by atoms with Crippen LogP contribution in [0, 0.1) is 13.8 Å². The first-order valence-corrected chi connectivity index (χ1v) is 11.7. The van der Waals surface area contributed by atoms with E-state index >= 15 is 0 Å². The summed E-state index contributed by atoms with van der Waals surface area (Å²) in [5.74, 6) is -0.226. The molecule has 4 aromatic carbocycles. The highest BCUT2D eigenvalue weighted by Crippen LogP contribution is 2.45. The molecule has 0 saturated carbocycles. The third kappa shape index (κ3) is 5.70. The predicted molar refractivity (Wildman–Crippen MR) is 149 cm³/mol. The van der Waals surface area contributed by atoms with E-state index in [9.17, 15) is 9.90 Å². The fourth-order valence-electron chi connectivity index (χ4n) is 4.00. The van der Waals surface area contributed by atoms with E-state index in [1.165, 1.54) is 6.92 Å². The number of fused-ring (bicyclic) bond motifs is 1. The molecule has 0 aromatic heterocycles. The maximum Gasteiger partial charge on any atom is 0.221 e. The Morgan fingerprint density at radius 1 is 0.919 bits per heavy atom. The Hall–Kier alpha value is -4.85. The smallest absolute Gasteiger partial charge is 0.221 e. The number of aryl methyl sites for hydroxylation is 2. The van der Waals surface area contributed by atoms with Crippen molar-refractivity contribution >= 4 is 50.8 Å². The van der Waals surface area contributed by atoms with Gasteiger partial charge in [0.2, 0.25) is 5.91 Å². The van der Waals surface area contributed by atoms with Gasteiger partial charge in [-0.1, -0.05) is 18.2 Å². The lowest BCUT2D eigenvalue weighted by molar-refractivity contribution is -0.114. The van der Waals surface area contributed by atoms with Gasteiger partial charge in [-0.15, -0.1) is 16.8 Å². The summed E-state index contributed by atoms with van der Waals surface area (Å²) in [7, 11) is 0. The molecule has 0 aliphatic rings. The van der Waals surface area contributed by atoms with Crippen molar-refractivity contribution in [3.63, 3.8) is 0 Å². The van der Waals surface area contributed by atoms with Gasteiger partial charge in [0.15, 0.2) is 5.75 Å². The molecule has 0 aliphatic heterocycles. The number of phenolic OH excluding ortho intramolecular Hbond substituents is 1. The van der Waals surface area contributed by atoms with Gasteiger partial charge in [0.05, 0.1) is 22.4 Å². The number of aromatic hydroxyl groups is 1. The molecule has 1 amide bonds. The monoisotopic (exact) mass is 492 g/mol. The number of carbonyl (C=O) groups is 1. The summed E-state index contributed by atoms with van der Waals surface area (Å²) in [4.78, 5) is 11.2. The fraction of sp³-hybridized carbons (Fsp3) is 0.138. The number of nitrogens with one attached hydrogen (secondary N) is 1. The van der Waals surface area contributed by atoms with Crippen molar-refractivity contribution < 1.29 is 9.90 Å². The van der Waals surface area contributed by atoms with Crippen molar-refractivity contribution in [2.45, 2.75) is 27.2 Å². The van der Waals surface area contributed by atoms with E-state index in [0.717, 1.165) is 28.5 Å². The predicted octanol–water partition coefficient (Wildman–Crippen LogP) is 8.26. The zero-order valence-corrected chi connectivity index (χ0v) is 21.0. The Morgan fingerprint density at radius 3 is 2.03 bits per heavy atom. The molecule has 8 nitrogen and oxygen atoms in total. The van der Waals surface area contributed by atoms with Crippen molar-refractivity contribution in [2.75, 3.05) is 11.1 Å². The minimum absolute atomic E-state index is 0.0728. The van der Waals surface area contributed by atoms with Crippen LogP contribution in [0.25, 0.3) is 10.8 Å². The molecule has 0 unspecified atom stereocenters. The summed E-state index contributed by atoms with van der Waals surface area (Å²) in [6.07, 6.45) is 2.64. The lowest BCUT2D eigenvalue weighted by Gasteiger charge is -2.13. The summed E-state index contributed by atoms with van der Waals surface area (Å²) in [5.41, 5.74) is 12.3. The van der Waals surface area contributed by atoms with E-state index in [1.54, 1.807) is 24.3 Å². The molecule has 0 heterocycles. The van der Waals surface area contributed by atoms with Crippen molar-refractivity contribution in [3.8, 4) is 5.75 Å². The number of nitrogens with zero attached hydrogens (tertiary/aromatic N) is 4. The van der Waals surface area contributed by atoms with Crippen LogP contribution in [0.1, 0.15) is 23.6 Å². The number of phenols is 1. The SMILES string of the molecule is C=CCc1ccc(N=Nc2c(C)cc3cc(C)c(N=Nc4ccc(NC(C)=O)cc4)c(O)c3c2N)cc1. The number of hydrogen-bond donors (Lipinski definition) is 3. The third-order valence-electron chi connectivity index (χ3n) is 5.80. The molecule has 4 aromatic rings. The normalized spacial score (nSPS) is 11.4. The van der Waals surface area contributed by atoms with Gasteiger partial charge in [0, 0.05) is 12.6 Å². The largest absolute Gasteiger partial charge is 0.505 e. The molecule has 0 spiro atoms. The average Bonchev–Trinajstić information content (AvgIpc) is 2.85. The first kappa shape index (κ1) is 25.2. The number of nitrogen functional groups attached to an aromatic ring is 1. The lowest BCUT2D eigenvalue weighted by Crippen LogP contribution is -2.04. The van der Waals surface area contributed by atoms with E-state index < -0.39 is 0 Å². The fourth-order valence-corrected chi connectivity index (χ4v) is 4.00. The van der Waals surface area contributed by atoms with Gasteiger partial charge in [-0.2, -0.15) is 10.2 Å². The molecular formula is C29H28N6O2. The van der Waals surface area contributed by atoms with E-state index in [4.69, 9.17) is 5.73 Å². The van der Waals surface area contributed by atoms with E-state index in [2.05, 4.69) is 32.4 Å². The van der Waals surface area contributed by atoms with E-state index in [0.29, 0.717) is 39.5 Å². The summed E-state index contributed by atoms with van der Waals surface area (Å²) in [6, 6.07) is 18.5. The number of nitrogens with two attached hydrogens (primary N) is 1. The highest BCUT2D eigenvalue weighted by Gasteiger charge is 2.17. The molecule has 4 N–H and O–H groups in total. The van der Waals surface area contributed by atoms with Crippen molar-refractivity contribution in [3.05, 3.63) is 90.0 Å². The summed E-state index contributed by atoms with van der Waals surface area (Å²) in [5, 5.41) is 32.4. The number of hydrogen-bond acceptors (Lipinski definition) is 7. The van der Waals surface area contributed by atoms with Gasteiger partial charge in [-0.25, -0.2) is 0 Å². The van der Waals surface area contributed by atoms with Crippen LogP contribution < -0.4 is 11.1 Å². The number of carbonyl (C=O) groups excluding carboxylic acids is 1. The molecule has 0 atom stereocenters. The topological polar surface area (TPSA) is 125 Å². The minimum Gasteiger partial charge on any atom is -0.505 e. The van der Waals surface area contributed by atoms with Gasteiger partial charge in [-0.05, 0) is 90.9 Å². The zero-order valence-electron chi connectivity index (χ0n) is 21.0. The molecule has 37 heavy (non-hydrogen) atoms. The molecule has 8 heteroatoms. The van der Waals surface area contributed by atoms with Crippen molar-refractivity contribution in [1.29, 1.82) is 0 Å². The number of allylic oxidation sites excluding steroid dienone is 1. The van der Waals surface area contributed by atoms with E-state index in [1.807, 2.05) is 56.3 Å². The first-order valence-electron chi connectivity index (χ1n) is 11.7. The second kappa shape index (κ2) is 10.8. The molecule has 4 rings (SSSR count). The van der Waals surface area contributed by atoms with Crippen LogP contribution in [0.15, 0.2) is 93.8 Å². The van der Waals surface area contributed by atoms with E-state index in [-0.39, 0.29) is 11.7 Å². The Kier molecular flexibility index (Phi) is 7.39. The van der Waals surface area contributed by atoms with Crippen LogP contribution >= 0.6 is 0 Å². The number of benzene rings is 4. The van der Waals surface area contributed by atoms with Gasteiger partial charge >= 0.3 is 0 Å². The Labute approximate surface area is 215 Å². The molecule has 0 radical (unpaired) electrons. The second-order valence-corrected chi connectivity index (χ2v) is 8.73. The van der Waals surface area contributed by atoms with Crippen LogP contribution in [-0.4, -0.2) is 11.0 Å². The highest BCUT2D eigenvalue weighted by molar-refractivity contribution is 6.06. The van der Waals surface area contributed by atoms with Crippen LogP contribution in [0.4, 0.5) is 34.1 Å². The molecule has 0 aliphatic carbocycles. The Morgan fingerprint density at radius 2 is 1.46 bits per heavy atom. The van der Waals surface area contributed by atoms with Crippen LogP contribution in [-0.2, 0) is 11.2 Å². The maximum atomic E-state index is 11.2. The van der Waals surface area contributed by atoms with Crippen LogP contribution in [0.2, 0.25) is 0 Å². The summed E-state index contributed by atoms with van der Waals surface area (Å²) in [6.45, 7) is 8.95. The Balaban J connectivity index is 1.69. The summed E-state index contributed by atoms with van der Waals surface area (Å²) < 4.78 is 0. The maximum absolute atomic E-state index is 11.2. The number of anilines is 2. The standard InChI is InChI=1S/C29H28N6O2/c1-5-6-20-7-9-23(10-8-20)32-34-27-17(2)15-21-16-18(3)28(29(37)25(21)26(27)30)35-33-24-13-11-22(12-14-24)31-19(4)36/h5,7-16,37H,1,6,30H2,2-4H3,(H,31,36). The van der Waals surface area contributed by atoms with Crippen LogP contribution in [0.3, 0.4) is 0 Å². The molecular weight excluding hydrogens is 464 g/mol. The van der Waals surface area contributed by atoms with Gasteiger partial charge in [0.1, 0.15) is 11.4 Å². The molecule has 0 bridgehead atoms. The zero-order chi connectivity index (χ0) is 26.5. The van der Waals surface area contributed by atoms with Crippen molar-refractivity contribution in [1.82, 2.24) is 0 Å². The number of rotatable bonds is 7. The van der Waals surface area contributed by atoms with Gasteiger partial charge in [-0.3, -0.25) is 4.79 Å². The quantitative estimate of drug-likeness (QED) is 0.136. The minimum atomic E-state index is -0.153. The third-order valence-corrected chi connectivity index (χ3v) is 5.80. The molecule has 186 valence electrons. The van der Waals surface area contributed by atoms with Gasteiger partial charge < -0.3 is 16.2 Å². The molecule has 0 fully saturated rings. The number of amides is 1. The van der Waals surface area contributed by atoms with Gasteiger partial charge in [0.25, 0.3) is 0 Å². The summed E-state index contributed by atoms with van der Waals surface area (Å²) >= 11 is 0. The lowest BCUT2D eigenvalue weighted by atomic mass is 9.99. The second-order valence-electron chi connectivity index (χ2n) is 8.73. The molecule has 0 saturated heterocycles.